The summed E-state index contributed by atoms with van der Waals surface area (Å²) in [6.45, 7) is 5.92. The molecule has 1 aromatic carbocycles. The zero-order valence-corrected chi connectivity index (χ0v) is 14.8. The Morgan fingerprint density at radius 1 is 1.04 bits per heavy atom. The maximum absolute atomic E-state index is 5.83. The van der Waals surface area contributed by atoms with Crippen LogP contribution in [-0.4, -0.2) is 9.97 Å². The molecule has 0 atom stereocenters. The van der Waals surface area contributed by atoms with Crippen molar-refractivity contribution < 1.29 is 0 Å². The van der Waals surface area contributed by atoms with E-state index in [1.807, 2.05) is 73.8 Å². The van der Waals surface area contributed by atoms with Gasteiger partial charge in [0.15, 0.2) is 0 Å². The number of nitrogens with zero attached hydrogens (tertiary/aromatic N) is 2. The largest absolute Gasteiger partial charge is 0.399 e. The topological polar surface area (TPSA) is 51.8 Å². The molecule has 0 fully saturated rings. The van der Waals surface area contributed by atoms with Crippen molar-refractivity contribution in [3.8, 4) is 22.4 Å². The zero-order valence-electron chi connectivity index (χ0n) is 14.8. The van der Waals surface area contributed by atoms with E-state index in [9.17, 15) is 0 Å². The zero-order chi connectivity index (χ0) is 18.4. The second kappa shape index (κ2) is 8.08. The lowest BCUT2D eigenvalue weighted by Crippen LogP contribution is -1.94. The number of benzene rings is 1. The molecule has 3 heteroatoms. The SMILES string of the molecule is C=C/C(=C\C=C/C)c1cc(-c2ccc(N)cc2)cc(-c2cccnc2)n1. The summed E-state index contributed by atoms with van der Waals surface area (Å²) in [5.41, 5.74) is 12.4. The summed E-state index contributed by atoms with van der Waals surface area (Å²) >= 11 is 0. The minimum absolute atomic E-state index is 0.746. The van der Waals surface area contributed by atoms with Crippen LogP contribution in [0.1, 0.15) is 12.6 Å². The summed E-state index contributed by atoms with van der Waals surface area (Å²) in [6.07, 6.45) is 11.4. The predicted octanol–water partition coefficient (Wildman–Crippen LogP) is 5.54. The number of nitrogens with two attached hydrogens (primary N) is 1. The molecule has 0 aliphatic heterocycles. The van der Waals surface area contributed by atoms with E-state index in [4.69, 9.17) is 10.7 Å². The molecule has 0 saturated carbocycles. The molecule has 0 aliphatic rings. The van der Waals surface area contributed by atoms with Crippen molar-refractivity contribution in [1.29, 1.82) is 0 Å². The number of hydrogen-bond donors (Lipinski definition) is 1. The number of allylic oxidation sites excluding steroid dienone is 5. The highest BCUT2D eigenvalue weighted by atomic mass is 14.7. The summed E-state index contributed by atoms with van der Waals surface area (Å²) < 4.78 is 0. The number of aromatic nitrogens is 2. The van der Waals surface area contributed by atoms with Crippen molar-refractivity contribution in [3.05, 3.63) is 97.5 Å². The van der Waals surface area contributed by atoms with Crippen molar-refractivity contribution in [2.45, 2.75) is 6.92 Å². The van der Waals surface area contributed by atoms with Gasteiger partial charge in [-0.05, 0) is 60.0 Å². The summed E-state index contributed by atoms with van der Waals surface area (Å²) in [5.74, 6) is 0. The molecule has 0 amide bonds. The van der Waals surface area contributed by atoms with Crippen LogP contribution in [0.3, 0.4) is 0 Å². The van der Waals surface area contributed by atoms with E-state index in [1.54, 1.807) is 6.20 Å². The van der Waals surface area contributed by atoms with Gasteiger partial charge in [0, 0.05) is 23.6 Å². The molecule has 3 rings (SSSR count). The van der Waals surface area contributed by atoms with Crippen LogP contribution in [0.25, 0.3) is 28.0 Å². The van der Waals surface area contributed by atoms with Gasteiger partial charge in [-0.25, -0.2) is 4.98 Å². The molecule has 0 bridgehead atoms. The van der Waals surface area contributed by atoms with Crippen molar-refractivity contribution >= 4 is 11.3 Å². The number of hydrogen-bond acceptors (Lipinski definition) is 3. The van der Waals surface area contributed by atoms with Crippen LogP contribution in [0.2, 0.25) is 0 Å². The molecule has 2 aromatic heterocycles. The van der Waals surface area contributed by atoms with Crippen LogP contribution in [0.15, 0.2) is 91.8 Å². The molecular weight excluding hydrogens is 318 g/mol. The first-order valence-corrected chi connectivity index (χ1v) is 8.45. The lowest BCUT2D eigenvalue weighted by atomic mass is 10.00. The van der Waals surface area contributed by atoms with Crippen LogP contribution < -0.4 is 5.73 Å². The standard InChI is InChI=1S/C23H21N3/c1-3-5-7-17(4-2)22-14-20(18-9-11-21(24)12-10-18)15-23(26-22)19-8-6-13-25-16-19/h3-16H,2,24H2,1H3/b5-3-,17-7+. The van der Waals surface area contributed by atoms with Gasteiger partial charge >= 0.3 is 0 Å². The Morgan fingerprint density at radius 3 is 2.50 bits per heavy atom. The van der Waals surface area contributed by atoms with E-state index in [2.05, 4.69) is 23.7 Å². The van der Waals surface area contributed by atoms with Gasteiger partial charge in [-0.1, -0.05) is 43.0 Å². The Balaban J connectivity index is 2.19. The van der Waals surface area contributed by atoms with Gasteiger partial charge in [-0.15, -0.1) is 0 Å². The number of anilines is 1. The Kier molecular flexibility index (Phi) is 5.40. The van der Waals surface area contributed by atoms with E-state index in [-0.39, 0.29) is 0 Å². The molecule has 0 radical (unpaired) electrons. The van der Waals surface area contributed by atoms with Crippen LogP contribution in [0.4, 0.5) is 5.69 Å². The Bertz CT molecular complexity index is 953. The number of rotatable bonds is 5. The smallest absolute Gasteiger partial charge is 0.0731 e. The fraction of sp³-hybridized carbons (Fsp3) is 0.0435. The molecule has 3 aromatic rings. The molecule has 0 unspecified atom stereocenters. The lowest BCUT2D eigenvalue weighted by Gasteiger charge is -2.10. The normalized spacial score (nSPS) is 11.7. The van der Waals surface area contributed by atoms with Crippen LogP contribution in [0.5, 0.6) is 0 Å². The third-order valence-corrected chi connectivity index (χ3v) is 4.01. The highest BCUT2D eigenvalue weighted by molar-refractivity contribution is 5.79. The fourth-order valence-electron chi connectivity index (χ4n) is 2.64. The van der Waals surface area contributed by atoms with Gasteiger partial charge in [0.1, 0.15) is 0 Å². The van der Waals surface area contributed by atoms with Crippen LogP contribution >= 0.6 is 0 Å². The number of nitrogen functional groups attached to an aromatic ring is 1. The van der Waals surface area contributed by atoms with Crippen molar-refractivity contribution in [3.63, 3.8) is 0 Å². The number of pyridine rings is 2. The minimum Gasteiger partial charge on any atom is -0.399 e. The van der Waals surface area contributed by atoms with Gasteiger partial charge in [0.05, 0.1) is 11.4 Å². The molecule has 0 spiro atoms. The molecule has 128 valence electrons. The second-order valence-electron chi connectivity index (χ2n) is 5.84. The predicted molar refractivity (Wildman–Crippen MR) is 110 cm³/mol. The average molecular weight is 339 g/mol. The highest BCUT2D eigenvalue weighted by Gasteiger charge is 2.09. The Morgan fingerprint density at radius 2 is 1.85 bits per heavy atom. The molecule has 2 N–H and O–H groups in total. The average Bonchev–Trinajstić information content (AvgIpc) is 2.69. The molecule has 26 heavy (non-hydrogen) atoms. The van der Waals surface area contributed by atoms with Crippen LogP contribution in [-0.2, 0) is 0 Å². The Hall–Kier alpha value is -3.46. The van der Waals surface area contributed by atoms with Gasteiger partial charge in [0.2, 0.25) is 0 Å². The molecule has 0 aliphatic carbocycles. The monoisotopic (exact) mass is 339 g/mol. The molecular formula is C23H21N3. The van der Waals surface area contributed by atoms with Gasteiger partial charge < -0.3 is 5.73 Å². The van der Waals surface area contributed by atoms with E-state index in [0.717, 1.165) is 39.3 Å². The first kappa shape index (κ1) is 17.4. The summed E-state index contributed by atoms with van der Waals surface area (Å²) in [7, 11) is 0. The van der Waals surface area contributed by atoms with Crippen molar-refractivity contribution in [2.75, 3.05) is 5.73 Å². The molecule has 0 saturated heterocycles. The molecule has 2 heterocycles. The van der Waals surface area contributed by atoms with E-state index < -0.39 is 0 Å². The first-order valence-electron chi connectivity index (χ1n) is 8.45. The third-order valence-electron chi connectivity index (χ3n) is 4.01. The summed E-state index contributed by atoms with van der Waals surface area (Å²) in [6, 6.07) is 15.9. The van der Waals surface area contributed by atoms with Gasteiger partial charge in [-0.3, -0.25) is 4.98 Å². The maximum Gasteiger partial charge on any atom is 0.0731 e. The van der Waals surface area contributed by atoms with Crippen molar-refractivity contribution in [2.24, 2.45) is 0 Å². The van der Waals surface area contributed by atoms with Gasteiger partial charge in [0.25, 0.3) is 0 Å². The first-order chi connectivity index (χ1) is 12.7. The highest BCUT2D eigenvalue weighted by Crippen LogP contribution is 2.29. The summed E-state index contributed by atoms with van der Waals surface area (Å²) in [4.78, 5) is 9.05. The minimum atomic E-state index is 0.746. The second-order valence-corrected chi connectivity index (χ2v) is 5.84. The third kappa shape index (κ3) is 3.95. The van der Waals surface area contributed by atoms with E-state index in [1.165, 1.54) is 0 Å². The maximum atomic E-state index is 5.83. The lowest BCUT2D eigenvalue weighted by molar-refractivity contribution is 1.25. The quantitative estimate of drug-likeness (QED) is 0.490. The van der Waals surface area contributed by atoms with E-state index >= 15 is 0 Å². The molecule has 3 nitrogen and oxygen atoms in total. The van der Waals surface area contributed by atoms with Crippen molar-refractivity contribution in [1.82, 2.24) is 9.97 Å². The van der Waals surface area contributed by atoms with E-state index in [0.29, 0.717) is 0 Å². The van der Waals surface area contributed by atoms with Gasteiger partial charge in [-0.2, -0.15) is 0 Å². The fourth-order valence-corrected chi connectivity index (χ4v) is 2.64. The summed E-state index contributed by atoms with van der Waals surface area (Å²) in [5, 5.41) is 0. The Labute approximate surface area is 154 Å². The van der Waals surface area contributed by atoms with Crippen LogP contribution in [0, 0.1) is 0 Å².